The maximum absolute atomic E-state index is 10.7. The van der Waals surface area contributed by atoms with Gasteiger partial charge in [0.2, 0.25) is 5.88 Å². The molecule has 7 heteroatoms. The topological polar surface area (TPSA) is 77.3 Å². The van der Waals surface area contributed by atoms with Gasteiger partial charge in [-0.3, -0.25) is 10.1 Å². The predicted octanol–water partition coefficient (Wildman–Crippen LogP) is 3.37. The molecule has 0 radical (unpaired) electrons. The SMILES string of the molecule is COc1cccc(CNc2ccc([N+](=O)[O-])cc2Br)n1. The lowest BCUT2D eigenvalue weighted by Gasteiger charge is -2.08. The molecule has 0 bridgehead atoms. The standard InChI is InChI=1S/C13H12BrN3O3/c1-20-13-4-2-3-9(16-13)8-15-12-6-5-10(17(18)19)7-11(12)14/h2-7,15H,8H2,1H3. The van der Waals surface area contributed by atoms with Gasteiger partial charge in [-0.25, -0.2) is 4.98 Å². The van der Waals surface area contributed by atoms with E-state index in [-0.39, 0.29) is 5.69 Å². The molecule has 0 aliphatic heterocycles. The normalized spacial score (nSPS) is 10.1. The monoisotopic (exact) mass is 337 g/mol. The van der Waals surface area contributed by atoms with E-state index in [9.17, 15) is 10.1 Å². The zero-order valence-electron chi connectivity index (χ0n) is 10.7. The molecule has 0 amide bonds. The fraction of sp³-hybridized carbons (Fsp3) is 0.154. The highest BCUT2D eigenvalue weighted by molar-refractivity contribution is 9.10. The number of nitrogens with zero attached hydrogens (tertiary/aromatic N) is 2. The van der Waals surface area contributed by atoms with Crippen molar-refractivity contribution in [2.45, 2.75) is 6.54 Å². The third kappa shape index (κ3) is 3.45. The Morgan fingerprint density at radius 1 is 1.40 bits per heavy atom. The van der Waals surface area contributed by atoms with Gasteiger partial charge >= 0.3 is 0 Å². The third-order valence-electron chi connectivity index (χ3n) is 2.61. The Kier molecular flexibility index (Phi) is 4.52. The van der Waals surface area contributed by atoms with Crippen LogP contribution in [-0.4, -0.2) is 17.0 Å². The van der Waals surface area contributed by atoms with Gasteiger partial charge in [-0.05, 0) is 28.1 Å². The van der Waals surface area contributed by atoms with Crippen LogP contribution in [0.1, 0.15) is 5.69 Å². The quantitative estimate of drug-likeness (QED) is 0.668. The van der Waals surface area contributed by atoms with Crippen molar-refractivity contribution in [3.63, 3.8) is 0 Å². The summed E-state index contributed by atoms with van der Waals surface area (Å²) in [6, 6.07) is 10.1. The van der Waals surface area contributed by atoms with Gasteiger partial charge in [0.25, 0.3) is 5.69 Å². The zero-order valence-corrected chi connectivity index (χ0v) is 12.3. The molecule has 0 aliphatic carbocycles. The first kappa shape index (κ1) is 14.3. The van der Waals surface area contributed by atoms with Crippen molar-refractivity contribution in [3.05, 3.63) is 56.7 Å². The molecule has 6 nitrogen and oxygen atoms in total. The minimum atomic E-state index is -0.432. The van der Waals surface area contributed by atoms with Crippen molar-refractivity contribution >= 4 is 27.3 Å². The molecular weight excluding hydrogens is 326 g/mol. The van der Waals surface area contributed by atoms with Crippen LogP contribution in [-0.2, 0) is 6.54 Å². The van der Waals surface area contributed by atoms with E-state index in [1.54, 1.807) is 19.2 Å². The summed E-state index contributed by atoms with van der Waals surface area (Å²) >= 11 is 3.31. The second-order valence-electron chi connectivity index (χ2n) is 3.95. The number of hydrogen-bond donors (Lipinski definition) is 1. The minimum Gasteiger partial charge on any atom is -0.481 e. The summed E-state index contributed by atoms with van der Waals surface area (Å²) in [5, 5.41) is 13.8. The van der Waals surface area contributed by atoms with Crippen molar-refractivity contribution in [1.82, 2.24) is 4.98 Å². The van der Waals surface area contributed by atoms with Gasteiger partial charge in [0.15, 0.2) is 0 Å². The van der Waals surface area contributed by atoms with E-state index in [2.05, 4.69) is 26.2 Å². The molecule has 1 aromatic heterocycles. The van der Waals surface area contributed by atoms with Crippen molar-refractivity contribution in [3.8, 4) is 5.88 Å². The number of pyridine rings is 1. The van der Waals surface area contributed by atoms with Gasteiger partial charge in [-0.1, -0.05) is 6.07 Å². The van der Waals surface area contributed by atoms with E-state index in [0.717, 1.165) is 11.4 Å². The number of nitro groups is 1. The maximum atomic E-state index is 10.7. The number of aromatic nitrogens is 1. The highest BCUT2D eigenvalue weighted by Gasteiger charge is 2.09. The Morgan fingerprint density at radius 3 is 2.85 bits per heavy atom. The van der Waals surface area contributed by atoms with Gasteiger partial charge in [0, 0.05) is 28.4 Å². The number of halogens is 1. The van der Waals surface area contributed by atoms with E-state index in [1.807, 2.05) is 12.1 Å². The summed E-state index contributed by atoms with van der Waals surface area (Å²) in [6.45, 7) is 0.494. The Labute approximate surface area is 124 Å². The second-order valence-corrected chi connectivity index (χ2v) is 4.80. The van der Waals surface area contributed by atoms with Crippen LogP contribution in [0.25, 0.3) is 0 Å². The van der Waals surface area contributed by atoms with Gasteiger partial charge in [0.1, 0.15) is 0 Å². The van der Waals surface area contributed by atoms with Crippen LogP contribution in [0.2, 0.25) is 0 Å². The highest BCUT2D eigenvalue weighted by Crippen LogP contribution is 2.27. The Balaban J connectivity index is 2.08. The summed E-state index contributed by atoms with van der Waals surface area (Å²) in [5.41, 5.74) is 1.62. The second kappa shape index (κ2) is 6.33. The van der Waals surface area contributed by atoms with Crippen LogP contribution in [0.15, 0.2) is 40.9 Å². The number of hydrogen-bond acceptors (Lipinski definition) is 5. The average molecular weight is 338 g/mol. The molecule has 2 rings (SSSR count). The van der Waals surface area contributed by atoms with E-state index < -0.39 is 4.92 Å². The molecule has 1 heterocycles. The van der Waals surface area contributed by atoms with E-state index in [1.165, 1.54) is 12.1 Å². The fourth-order valence-electron chi connectivity index (χ4n) is 1.62. The summed E-state index contributed by atoms with van der Waals surface area (Å²) in [7, 11) is 1.56. The number of benzene rings is 1. The van der Waals surface area contributed by atoms with Crippen LogP contribution in [0.4, 0.5) is 11.4 Å². The van der Waals surface area contributed by atoms with Gasteiger partial charge < -0.3 is 10.1 Å². The predicted molar refractivity (Wildman–Crippen MR) is 78.9 cm³/mol. The zero-order chi connectivity index (χ0) is 14.5. The number of ether oxygens (including phenoxy) is 1. The minimum absolute atomic E-state index is 0.0435. The van der Waals surface area contributed by atoms with Crippen molar-refractivity contribution in [2.75, 3.05) is 12.4 Å². The molecular formula is C13H12BrN3O3. The largest absolute Gasteiger partial charge is 0.481 e. The summed E-state index contributed by atoms with van der Waals surface area (Å²) < 4.78 is 5.68. The molecule has 2 aromatic rings. The third-order valence-corrected chi connectivity index (χ3v) is 3.27. The Morgan fingerprint density at radius 2 is 2.20 bits per heavy atom. The molecule has 0 spiro atoms. The van der Waals surface area contributed by atoms with Gasteiger partial charge in [-0.2, -0.15) is 0 Å². The lowest BCUT2D eigenvalue weighted by atomic mass is 10.2. The number of nitrogens with one attached hydrogen (secondary N) is 1. The lowest BCUT2D eigenvalue weighted by molar-refractivity contribution is -0.384. The first-order valence-electron chi connectivity index (χ1n) is 5.78. The highest BCUT2D eigenvalue weighted by atomic mass is 79.9. The molecule has 0 saturated carbocycles. The van der Waals surface area contributed by atoms with E-state index >= 15 is 0 Å². The first-order chi connectivity index (χ1) is 9.60. The molecule has 104 valence electrons. The van der Waals surface area contributed by atoms with Crippen molar-refractivity contribution in [2.24, 2.45) is 0 Å². The molecule has 0 unspecified atom stereocenters. The molecule has 1 N–H and O–H groups in total. The number of non-ortho nitro benzene ring substituents is 1. The van der Waals surface area contributed by atoms with Crippen LogP contribution >= 0.6 is 15.9 Å². The molecule has 0 fully saturated rings. The number of rotatable bonds is 5. The Bertz CT molecular complexity index is 634. The van der Waals surface area contributed by atoms with Crippen LogP contribution in [0.3, 0.4) is 0 Å². The number of methoxy groups -OCH3 is 1. The van der Waals surface area contributed by atoms with Crippen LogP contribution in [0, 0.1) is 10.1 Å². The van der Waals surface area contributed by atoms with E-state index in [4.69, 9.17) is 4.74 Å². The number of anilines is 1. The van der Waals surface area contributed by atoms with E-state index in [0.29, 0.717) is 16.9 Å². The molecule has 1 aromatic carbocycles. The Hall–Kier alpha value is -2.15. The summed E-state index contributed by atoms with van der Waals surface area (Å²) in [6.07, 6.45) is 0. The van der Waals surface area contributed by atoms with Crippen molar-refractivity contribution in [1.29, 1.82) is 0 Å². The molecule has 0 aliphatic rings. The average Bonchev–Trinajstić information content (AvgIpc) is 2.46. The van der Waals surface area contributed by atoms with Crippen molar-refractivity contribution < 1.29 is 9.66 Å². The number of nitro benzene ring substituents is 1. The summed E-state index contributed by atoms with van der Waals surface area (Å²) in [5.74, 6) is 0.548. The molecule has 20 heavy (non-hydrogen) atoms. The van der Waals surface area contributed by atoms with Gasteiger partial charge in [0.05, 0.1) is 24.3 Å². The maximum Gasteiger partial charge on any atom is 0.270 e. The van der Waals surface area contributed by atoms with Crippen LogP contribution in [0.5, 0.6) is 5.88 Å². The summed E-state index contributed by atoms with van der Waals surface area (Å²) in [4.78, 5) is 14.5. The molecule has 0 atom stereocenters. The molecule has 0 saturated heterocycles. The smallest absolute Gasteiger partial charge is 0.270 e. The first-order valence-corrected chi connectivity index (χ1v) is 6.57. The van der Waals surface area contributed by atoms with Crippen LogP contribution < -0.4 is 10.1 Å². The van der Waals surface area contributed by atoms with Gasteiger partial charge in [-0.15, -0.1) is 0 Å². The lowest BCUT2D eigenvalue weighted by Crippen LogP contribution is -2.03. The fourth-order valence-corrected chi connectivity index (χ4v) is 2.12.